The minimum atomic E-state index is 0.316. The summed E-state index contributed by atoms with van der Waals surface area (Å²) in [7, 11) is 4.94. The maximum Gasteiger partial charge on any atom is 0.319 e. The third kappa shape index (κ3) is 2.29. The van der Waals surface area contributed by atoms with Crippen molar-refractivity contribution in [3.63, 3.8) is 0 Å². The van der Waals surface area contributed by atoms with E-state index >= 15 is 0 Å². The molecule has 1 aromatic heterocycles. The molecule has 0 unspecified atom stereocenters. The van der Waals surface area contributed by atoms with Crippen molar-refractivity contribution >= 4 is 0 Å². The minimum Gasteiger partial charge on any atom is -0.481 e. The number of aromatic nitrogens is 2. The molecule has 0 saturated heterocycles. The van der Waals surface area contributed by atoms with Gasteiger partial charge < -0.3 is 14.8 Å². The van der Waals surface area contributed by atoms with Gasteiger partial charge in [0.25, 0.3) is 0 Å². The number of hydrogen-bond acceptors (Lipinski definition) is 5. The quantitative estimate of drug-likeness (QED) is 0.723. The summed E-state index contributed by atoms with van der Waals surface area (Å²) in [6, 6.07) is 0.316. The zero-order valence-electron chi connectivity index (χ0n) is 8.00. The molecule has 0 aromatic carbocycles. The van der Waals surface area contributed by atoms with Crippen molar-refractivity contribution in [1.29, 1.82) is 0 Å². The predicted octanol–water partition coefficient (Wildman–Crippen LogP) is 0.213. The smallest absolute Gasteiger partial charge is 0.319 e. The monoisotopic (exact) mass is 183 g/mol. The molecule has 13 heavy (non-hydrogen) atoms. The SMILES string of the molecule is CNCc1cnc(OC)nc1OC. The highest BCUT2D eigenvalue weighted by molar-refractivity contribution is 5.24. The van der Waals surface area contributed by atoms with Crippen LogP contribution in [0.25, 0.3) is 0 Å². The van der Waals surface area contributed by atoms with Crippen molar-refractivity contribution < 1.29 is 9.47 Å². The van der Waals surface area contributed by atoms with Gasteiger partial charge in [0.15, 0.2) is 0 Å². The Morgan fingerprint density at radius 1 is 1.38 bits per heavy atom. The normalized spacial score (nSPS) is 9.77. The Morgan fingerprint density at radius 3 is 2.69 bits per heavy atom. The highest BCUT2D eigenvalue weighted by atomic mass is 16.5. The fourth-order valence-electron chi connectivity index (χ4n) is 0.963. The van der Waals surface area contributed by atoms with Crippen LogP contribution in [-0.4, -0.2) is 31.2 Å². The van der Waals surface area contributed by atoms with Gasteiger partial charge in [-0.25, -0.2) is 4.98 Å². The summed E-state index contributed by atoms with van der Waals surface area (Å²) in [6.45, 7) is 0.674. The molecule has 0 atom stereocenters. The average molecular weight is 183 g/mol. The second kappa shape index (κ2) is 4.61. The van der Waals surface area contributed by atoms with Crippen LogP contribution in [0.4, 0.5) is 0 Å². The highest BCUT2D eigenvalue weighted by Gasteiger charge is 2.06. The van der Waals surface area contributed by atoms with Crippen LogP contribution in [0.5, 0.6) is 11.9 Å². The van der Waals surface area contributed by atoms with E-state index < -0.39 is 0 Å². The standard InChI is InChI=1S/C8H13N3O2/c1-9-4-6-5-10-8(13-3)11-7(6)12-2/h5,9H,4H2,1-3H3. The van der Waals surface area contributed by atoms with Gasteiger partial charge in [0.05, 0.1) is 14.2 Å². The molecule has 0 aliphatic rings. The van der Waals surface area contributed by atoms with E-state index in [0.717, 1.165) is 5.56 Å². The Kier molecular flexibility index (Phi) is 3.45. The summed E-state index contributed by atoms with van der Waals surface area (Å²) < 4.78 is 9.94. The Labute approximate surface area is 77.1 Å². The van der Waals surface area contributed by atoms with Crippen molar-refractivity contribution in [2.24, 2.45) is 0 Å². The zero-order valence-corrected chi connectivity index (χ0v) is 8.00. The Bertz CT molecular complexity index is 278. The van der Waals surface area contributed by atoms with E-state index in [0.29, 0.717) is 18.4 Å². The molecule has 0 spiro atoms. The summed E-state index contributed by atoms with van der Waals surface area (Å²) in [6.07, 6.45) is 1.68. The fourth-order valence-corrected chi connectivity index (χ4v) is 0.963. The van der Waals surface area contributed by atoms with Gasteiger partial charge in [-0.15, -0.1) is 0 Å². The summed E-state index contributed by atoms with van der Waals surface area (Å²) in [5, 5.41) is 3.00. The van der Waals surface area contributed by atoms with Crippen LogP contribution in [0.15, 0.2) is 6.20 Å². The molecule has 1 heterocycles. The molecule has 0 bridgehead atoms. The Balaban J connectivity index is 2.93. The first-order chi connectivity index (χ1) is 6.31. The predicted molar refractivity (Wildman–Crippen MR) is 47.9 cm³/mol. The lowest BCUT2D eigenvalue weighted by Gasteiger charge is -2.06. The van der Waals surface area contributed by atoms with E-state index in [1.54, 1.807) is 13.3 Å². The van der Waals surface area contributed by atoms with Crippen LogP contribution in [0, 0.1) is 0 Å². The van der Waals surface area contributed by atoms with Crippen molar-refractivity contribution in [3.8, 4) is 11.9 Å². The summed E-state index contributed by atoms with van der Waals surface area (Å²) in [4.78, 5) is 8.00. The van der Waals surface area contributed by atoms with Crippen molar-refractivity contribution in [2.75, 3.05) is 21.3 Å². The van der Waals surface area contributed by atoms with E-state index in [2.05, 4.69) is 15.3 Å². The van der Waals surface area contributed by atoms with Gasteiger partial charge >= 0.3 is 6.01 Å². The fraction of sp³-hybridized carbons (Fsp3) is 0.500. The minimum absolute atomic E-state index is 0.316. The van der Waals surface area contributed by atoms with Crippen LogP contribution in [0.3, 0.4) is 0 Å². The Morgan fingerprint density at radius 2 is 2.15 bits per heavy atom. The number of methoxy groups -OCH3 is 2. The van der Waals surface area contributed by atoms with Gasteiger partial charge in [-0.05, 0) is 7.05 Å². The summed E-state index contributed by atoms with van der Waals surface area (Å²) in [5.41, 5.74) is 0.908. The molecule has 1 rings (SSSR count). The van der Waals surface area contributed by atoms with E-state index in [4.69, 9.17) is 9.47 Å². The lowest BCUT2D eigenvalue weighted by atomic mass is 10.3. The molecular weight excluding hydrogens is 170 g/mol. The van der Waals surface area contributed by atoms with Gasteiger partial charge in [-0.1, -0.05) is 0 Å². The molecule has 0 radical (unpaired) electrons. The van der Waals surface area contributed by atoms with E-state index in [1.165, 1.54) is 7.11 Å². The maximum atomic E-state index is 5.07. The third-order valence-corrected chi connectivity index (χ3v) is 1.55. The van der Waals surface area contributed by atoms with E-state index in [9.17, 15) is 0 Å². The molecule has 0 amide bonds. The van der Waals surface area contributed by atoms with Gasteiger partial charge in [0.2, 0.25) is 5.88 Å². The largest absolute Gasteiger partial charge is 0.481 e. The second-order valence-electron chi connectivity index (χ2n) is 2.42. The van der Waals surface area contributed by atoms with Crippen LogP contribution in [-0.2, 0) is 6.54 Å². The lowest BCUT2D eigenvalue weighted by molar-refractivity contribution is 0.348. The van der Waals surface area contributed by atoms with Crippen molar-refractivity contribution in [3.05, 3.63) is 11.8 Å². The molecule has 0 saturated carbocycles. The number of hydrogen-bond donors (Lipinski definition) is 1. The number of rotatable bonds is 4. The van der Waals surface area contributed by atoms with Gasteiger partial charge in [0.1, 0.15) is 0 Å². The molecule has 1 N–H and O–H groups in total. The van der Waals surface area contributed by atoms with Crippen LogP contribution >= 0.6 is 0 Å². The second-order valence-corrected chi connectivity index (χ2v) is 2.42. The number of ether oxygens (including phenoxy) is 2. The molecule has 72 valence electrons. The zero-order chi connectivity index (χ0) is 9.68. The molecular formula is C8H13N3O2. The number of nitrogens with one attached hydrogen (secondary N) is 1. The average Bonchev–Trinajstić information content (AvgIpc) is 2.19. The van der Waals surface area contributed by atoms with Crippen LogP contribution in [0.2, 0.25) is 0 Å². The summed E-state index contributed by atoms with van der Waals surface area (Å²) in [5.74, 6) is 0.543. The van der Waals surface area contributed by atoms with Crippen LogP contribution < -0.4 is 14.8 Å². The van der Waals surface area contributed by atoms with Crippen molar-refractivity contribution in [2.45, 2.75) is 6.54 Å². The van der Waals surface area contributed by atoms with Crippen molar-refractivity contribution in [1.82, 2.24) is 15.3 Å². The first-order valence-corrected chi connectivity index (χ1v) is 3.90. The van der Waals surface area contributed by atoms with Gasteiger partial charge in [-0.3, -0.25) is 0 Å². The van der Waals surface area contributed by atoms with E-state index in [-0.39, 0.29) is 0 Å². The molecule has 5 nitrogen and oxygen atoms in total. The van der Waals surface area contributed by atoms with Gasteiger partial charge in [-0.2, -0.15) is 4.98 Å². The van der Waals surface area contributed by atoms with Crippen LogP contribution in [0.1, 0.15) is 5.56 Å². The number of nitrogens with zero attached hydrogens (tertiary/aromatic N) is 2. The topological polar surface area (TPSA) is 56.3 Å². The molecule has 1 aromatic rings. The Hall–Kier alpha value is -1.36. The first-order valence-electron chi connectivity index (χ1n) is 3.90. The molecule has 0 fully saturated rings. The third-order valence-electron chi connectivity index (χ3n) is 1.55. The van der Waals surface area contributed by atoms with Gasteiger partial charge in [0, 0.05) is 18.3 Å². The molecule has 5 heteroatoms. The molecule has 0 aliphatic heterocycles. The molecule has 0 aliphatic carbocycles. The first kappa shape index (κ1) is 9.73. The highest BCUT2D eigenvalue weighted by Crippen LogP contribution is 2.16. The summed E-state index contributed by atoms with van der Waals surface area (Å²) >= 11 is 0. The maximum absolute atomic E-state index is 5.07. The van der Waals surface area contributed by atoms with E-state index in [1.807, 2.05) is 7.05 Å². The lowest BCUT2D eigenvalue weighted by Crippen LogP contribution is -2.08.